The number of hydrogen-bond donors (Lipinski definition) is 1. The third kappa shape index (κ3) is 2.75. The summed E-state index contributed by atoms with van der Waals surface area (Å²) in [4.78, 5) is 0. The largest absolute Gasteiger partial charge is 0.389 e. The first-order chi connectivity index (χ1) is 9.05. The minimum Gasteiger partial charge on any atom is -0.389 e. The lowest BCUT2D eigenvalue weighted by Crippen LogP contribution is -2.36. The monoisotopic (exact) mass is 328 g/mol. The molecule has 4 heteroatoms. The van der Waals surface area contributed by atoms with Gasteiger partial charge in [-0.25, -0.2) is 0 Å². The molecule has 0 saturated heterocycles. The van der Waals surface area contributed by atoms with E-state index in [2.05, 4.69) is 41.8 Å². The molecule has 108 valence electrons. The molecule has 19 heavy (non-hydrogen) atoms. The van der Waals surface area contributed by atoms with Crippen molar-refractivity contribution in [3.05, 3.63) is 15.9 Å². The van der Waals surface area contributed by atoms with Crippen LogP contribution >= 0.6 is 15.9 Å². The third-order valence-electron chi connectivity index (χ3n) is 4.58. The second kappa shape index (κ2) is 5.96. The van der Waals surface area contributed by atoms with Gasteiger partial charge >= 0.3 is 0 Å². The van der Waals surface area contributed by atoms with Crippen molar-refractivity contribution in [2.75, 3.05) is 0 Å². The first-order valence-corrected chi connectivity index (χ1v) is 8.31. The summed E-state index contributed by atoms with van der Waals surface area (Å²) in [5.41, 5.74) is 1.74. The topological polar surface area (TPSA) is 38.0 Å². The van der Waals surface area contributed by atoms with Crippen LogP contribution in [0.5, 0.6) is 0 Å². The van der Waals surface area contributed by atoms with E-state index in [-0.39, 0.29) is 0 Å². The van der Waals surface area contributed by atoms with Crippen molar-refractivity contribution in [1.29, 1.82) is 0 Å². The van der Waals surface area contributed by atoms with Crippen molar-refractivity contribution < 1.29 is 5.11 Å². The highest BCUT2D eigenvalue weighted by Crippen LogP contribution is 2.41. The maximum atomic E-state index is 11.0. The van der Waals surface area contributed by atoms with E-state index >= 15 is 0 Å². The lowest BCUT2D eigenvalue weighted by molar-refractivity contribution is -0.000403. The van der Waals surface area contributed by atoms with Gasteiger partial charge in [0.2, 0.25) is 0 Å². The number of nitrogens with zero attached hydrogens (tertiary/aromatic N) is 2. The van der Waals surface area contributed by atoms with E-state index in [0.717, 1.165) is 55.2 Å². The Labute approximate surface area is 124 Å². The van der Waals surface area contributed by atoms with Gasteiger partial charge in [-0.15, -0.1) is 0 Å². The van der Waals surface area contributed by atoms with Crippen molar-refractivity contribution in [3.63, 3.8) is 0 Å². The van der Waals surface area contributed by atoms with E-state index in [1.807, 2.05) is 4.68 Å². The van der Waals surface area contributed by atoms with Crippen LogP contribution in [0.2, 0.25) is 0 Å². The van der Waals surface area contributed by atoms with Gasteiger partial charge in [0, 0.05) is 13.0 Å². The lowest BCUT2D eigenvalue weighted by Gasteiger charge is -2.30. The standard InChI is InChI=1S/C15H25BrN2O/c1-4-11-8-7-9-15(11,19)10-13-14(16)12(5-2)17-18(13)6-3/h11,19H,4-10H2,1-3H3. The van der Waals surface area contributed by atoms with E-state index in [0.29, 0.717) is 5.92 Å². The summed E-state index contributed by atoms with van der Waals surface area (Å²) >= 11 is 3.68. The van der Waals surface area contributed by atoms with Crippen LogP contribution in [0.25, 0.3) is 0 Å². The fourth-order valence-electron chi connectivity index (χ4n) is 3.42. The first kappa shape index (κ1) is 15.0. The van der Waals surface area contributed by atoms with Gasteiger partial charge in [0.05, 0.1) is 21.5 Å². The summed E-state index contributed by atoms with van der Waals surface area (Å²) in [7, 11) is 0. The maximum absolute atomic E-state index is 11.0. The number of aryl methyl sites for hydroxylation is 2. The molecule has 0 spiro atoms. The van der Waals surface area contributed by atoms with Gasteiger partial charge in [0.1, 0.15) is 0 Å². The molecule has 1 aromatic heterocycles. The van der Waals surface area contributed by atoms with Crippen LogP contribution in [0.4, 0.5) is 0 Å². The number of aromatic nitrogens is 2. The van der Waals surface area contributed by atoms with Gasteiger partial charge in [-0.3, -0.25) is 4.68 Å². The highest BCUT2D eigenvalue weighted by atomic mass is 79.9. The zero-order valence-corrected chi connectivity index (χ0v) is 13.8. The lowest BCUT2D eigenvalue weighted by atomic mass is 9.84. The molecule has 1 aromatic rings. The summed E-state index contributed by atoms with van der Waals surface area (Å²) in [6.07, 6.45) is 5.95. The molecular formula is C15H25BrN2O. The van der Waals surface area contributed by atoms with Crippen LogP contribution in [0.3, 0.4) is 0 Å². The summed E-state index contributed by atoms with van der Waals surface area (Å²) < 4.78 is 3.15. The molecule has 1 heterocycles. The summed E-state index contributed by atoms with van der Waals surface area (Å²) in [6, 6.07) is 0. The van der Waals surface area contributed by atoms with Crippen molar-refractivity contribution in [2.24, 2.45) is 5.92 Å². The van der Waals surface area contributed by atoms with Crippen LogP contribution in [-0.2, 0) is 19.4 Å². The molecule has 2 rings (SSSR count). The quantitative estimate of drug-likeness (QED) is 0.894. The number of rotatable bonds is 5. The number of halogens is 1. The van der Waals surface area contributed by atoms with Gasteiger partial charge in [-0.1, -0.05) is 26.7 Å². The van der Waals surface area contributed by atoms with Crippen molar-refractivity contribution in [3.8, 4) is 0 Å². The molecule has 0 aromatic carbocycles. The fourth-order valence-corrected chi connectivity index (χ4v) is 4.12. The van der Waals surface area contributed by atoms with E-state index < -0.39 is 5.60 Å². The van der Waals surface area contributed by atoms with Crippen LogP contribution < -0.4 is 0 Å². The molecule has 0 aliphatic heterocycles. The average molecular weight is 329 g/mol. The fraction of sp³-hybridized carbons (Fsp3) is 0.800. The van der Waals surface area contributed by atoms with E-state index in [9.17, 15) is 5.11 Å². The Morgan fingerprint density at radius 2 is 2.16 bits per heavy atom. The molecule has 0 radical (unpaired) electrons. The molecular weight excluding hydrogens is 304 g/mol. The van der Waals surface area contributed by atoms with Crippen molar-refractivity contribution >= 4 is 15.9 Å². The summed E-state index contributed by atoms with van der Waals surface area (Å²) in [5.74, 6) is 0.435. The molecule has 1 aliphatic carbocycles. The molecule has 1 saturated carbocycles. The Balaban J connectivity index is 2.30. The Kier molecular flexibility index (Phi) is 4.72. The molecule has 0 amide bonds. The van der Waals surface area contributed by atoms with E-state index in [1.165, 1.54) is 5.69 Å². The minimum absolute atomic E-state index is 0.435. The normalized spacial score (nSPS) is 27.1. The predicted molar refractivity (Wildman–Crippen MR) is 81.3 cm³/mol. The van der Waals surface area contributed by atoms with Crippen LogP contribution in [0.1, 0.15) is 57.8 Å². The van der Waals surface area contributed by atoms with Gasteiger partial charge in [0.15, 0.2) is 0 Å². The highest BCUT2D eigenvalue weighted by molar-refractivity contribution is 9.10. The Bertz CT molecular complexity index is 444. The third-order valence-corrected chi connectivity index (χ3v) is 5.50. The van der Waals surface area contributed by atoms with E-state index in [1.54, 1.807) is 0 Å². The average Bonchev–Trinajstić information content (AvgIpc) is 2.92. The summed E-state index contributed by atoms with van der Waals surface area (Å²) in [5, 5.41) is 15.6. The van der Waals surface area contributed by atoms with Gasteiger partial charge in [-0.05, 0) is 48.0 Å². The van der Waals surface area contributed by atoms with Crippen molar-refractivity contribution in [2.45, 2.75) is 71.4 Å². The second-order valence-corrected chi connectivity index (χ2v) is 6.45. The molecule has 0 bridgehead atoms. The Hall–Kier alpha value is -0.350. The first-order valence-electron chi connectivity index (χ1n) is 7.52. The molecule has 3 nitrogen and oxygen atoms in total. The number of hydrogen-bond acceptors (Lipinski definition) is 2. The Morgan fingerprint density at radius 1 is 1.42 bits per heavy atom. The minimum atomic E-state index is -0.533. The van der Waals surface area contributed by atoms with Gasteiger partial charge in [0.25, 0.3) is 0 Å². The van der Waals surface area contributed by atoms with Crippen LogP contribution in [0.15, 0.2) is 4.47 Å². The second-order valence-electron chi connectivity index (χ2n) is 5.65. The molecule has 1 aliphatic rings. The zero-order chi connectivity index (χ0) is 14.0. The Morgan fingerprint density at radius 3 is 2.74 bits per heavy atom. The summed E-state index contributed by atoms with van der Waals surface area (Å²) in [6.45, 7) is 7.28. The zero-order valence-electron chi connectivity index (χ0n) is 12.2. The predicted octanol–water partition coefficient (Wildman–Crippen LogP) is 3.71. The van der Waals surface area contributed by atoms with Gasteiger partial charge < -0.3 is 5.11 Å². The molecule has 2 atom stereocenters. The van der Waals surface area contributed by atoms with Crippen LogP contribution in [-0.4, -0.2) is 20.5 Å². The maximum Gasteiger partial charge on any atom is 0.0766 e. The van der Waals surface area contributed by atoms with Crippen LogP contribution in [0, 0.1) is 5.92 Å². The highest BCUT2D eigenvalue weighted by Gasteiger charge is 2.41. The van der Waals surface area contributed by atoms with Gasteiger partial charge in [-0.2, -0.15) is 5.10 Å². The number of aliphatic hydroxyl groups is 1. The molecule has 1 fully saturated rings. The molecule has 2 unspecified atom stereocenters. The van der Waals surface area contributed by atoms with E-state index in [4.69, 9.17) is 0 Å². The smallest absolute Gasteiger partial charge is 0.0766 e. The van der Waals surface area contributed by atoms with Crippen molar-refractivity contribution in [1.82, 2.24) is 9.78 Å². The molecule has 1 N–H and O–H groups in total. The SMILES string of the molecule is CCc1nn(CC)c(CC2(O)CCCC2CC)c1Br.